The second-order valence-electron chi connectivity index (χ2n) is 5.28. The molecule has 21 heavy (non-hydrogen) atoms. The van der Waals surface area contributed by atoms with Crippen LogP contribution in [0.5, 0.6) is 0 Å². The van der Waals surface area contributed by atoms with Crippen LogP contribution in [0.3, 0.4) is 0 Å². The number of thioether (sulfide) groups is 1. The van der Waals surface area contributed by atoms with Crippen LogP contribution >= 0.6 is 11.8 Å². The Balaban J connectivity index is 2.12. The Bertz CT molecular complexity index is 564. The van der Waals surface area contributed by atoms with Crippen molar-refractivity contribution in [2.75, 3.05) is 30.1 Å². The number of para-hydroxylation sites is 1. The molecule has 0 aromatic heterocycles. The summed E-state index contributed by atoms with van der Waals surface area (Å²) in [7, 11) is 4.13. The van der Waals surface area contributed by atoms with E-state index in [0.717, 1.165) is 5.75 Å². The van der Waals surface area contributed by atoms with Crippen LogP contribution < -0.4 is 10.2 Å². The van der Waals surface area contributed by atoms with Gasteiger partial charge in [0.05, 0.1) is 0 Å². The molecule has 0 heterocycles. The van der Waals surface area contributed by atoms with Crippen molar-refractivity contribution in [3.63, 3.8) is 0 Å². The Morgan fingerprint density at radius 2 is 1.71 bits per heavy atom. The van der Waals surface area contributed by atoms with Gasteiger partial charge in [-0.05, 0) is 42.5 Å². The molecule has 0 aliphatic carbocycles. The van der Waals surface area contributed by atoms with E-state index in [-0.39, 0.29) is 0 Å². The van der Waals surface area contributed by atoms with Crippen LogP contribution in [0.2, 0.25) is 0 Å². The van der Waals surface area contributed by atoms with Crippen LogP contribution in [0, 0.1) is 0 Å². The van der Waals surface area contributed by atoms with Crippen molar-refractivity contribution in [2.24, 2.45) is 0 Å². The third-order valence-corrected chi connectivity index (χ3v) is 4.42. The van der Waals surface area contributed by atoms with Crippen molar-refractivity contribution in [3.8, 4) is 0 Å². The molecule has 0 fully saturated rings. The molecule has 0 amide bonds. The highest BCUT2D eigenvalue weighted by atomic mass is 32.2. The molecule has 3 heteroatoms. The summed E-state index contributed by atoms with van der Waals surface area (Å²) in [5.74, 6) is 1.09. The van der Waals surface area contributed by atoms with Gasteiger partial charge < -0.3 is 10.2 Å². The Morgan fingerprint density at radius 3 is 2.33 bits per heavy atom. The van der Waals surface area contributed by atoms with E-state index in [0.29, 0.717) is 6.04 Å². The minimum absolute atomic E-state index is 0.291. The van der Waals surface area contributed by atoms with E-state index in [1.54, 1.807) is 0 Å². The number of rotatable bonds is 6. The molecule has 2 aromatic rings. The summed E-state index contributed by atoms with van der Waals surface area (Å²) in [5, 5.41) is 3.63. The second kappa shape index (κ2) is 7.41. The van der Waals surface area contributed by atoms with Gasteiger partial charge >= 0.3 is 0 Å². The number of anilines is 2. The Morgan fingerprint density at radius 1 is 1.05 bits per heavy atom. The first-order valence-electron chi connectivity index (χ1n) is 7.37. The molecule has 2 aromatic carbocycles. The molecule has 0 aliphatic heterocycles. The largest absolute Gasteiger partial charge is 0.378 e. The van der Waals surface area contributed by atoms with Gasteiger partial charge in [0.2, 0.25) is 0 Å². The third kappa shape index (κ3) is 4.18. The van der Waals surface area contributed by atoms with Gasteiger partial charge in [-0.1, -0.05) is 31.2 Å². The summed E-state index contributed by atoms with van der Waals surface area (Å²) in [4.78, 5) is 3.44. The van der Waals surface area contributed by atoms with E-state index >= 15 is 0 Å². The summed E-state index contributed by atoms with van der Waals surface area (Å²) in [6.45, 7) is 4.39. The zero-order chi connectivity index (χ0) is 15.2. The van der Waals surface area contributed by atoms with Gasteiger partial charge in [-0.3, -0.25) is 0 Å². The molecular weight excluding hydrogens is 276 g/mol. The first-order valence-corrected chi connectivity index (χ1v) is 8.36. The van der Waals surface area contributed by atoms with E-state index in [9.17, 15) is 0 Å². The Kier molecular flexibility index (Phi) is 5.57. The molecule has 0 spiro atoms. The zero-order valence-corrected chi connectivity index (χ0v) is 14.1. The Hall–Kier alpha value is -1.61. The van der Waals surface area contributed by atoms with Crippen LogP contribution in [0.15, 0.2) is 53.4 Å². The topological polar surface area (TPSA) is 15.3 Å². The van der Waals surface area contributed by atoms with Crippen LogP contribution in [0.1, 0.15) is 25.5 Å². The van der Waals surface area contributed by atoms with Gasteiger partial charge in [-0.25, -0.2) is 0 Å². The lowest BCUT2D eigenvalue weighted by Gasteiger charge is -2.19. The van der Waals surface area contributed by atoms with Crippen molar-refractivity contribution in [2.45, 2.75) is 24.8 Å². The van der Waals surface area contributed by atoms with E-state index in [1.807, 2.05) is 11.8 Å². The van der Waals surface area contributed by atoms with Gasteiger partial charge in [0.15, 0.2) is 0 Å². The minimum atomic E-state index is 0.291. The standard InChI is InChI=1S/C18H24N2S/c1-5-21-18-9-7-6-8-17(18)19-14(2)15-10-12-16(13-11-15)20(3)4/h6-14,19H,5H2,1-4H3. The number of hydrogen-bond acceptors (Lipinski definition) is 3. The molecule has 0 saturated carbocycles. The van der Waals surface area contributed by atoms with Crippen LogP contribution in [-0.2, 0) is 0 Å². The average molecular weight is 300 g/mol. The second-order valence-corrected chi connectivity index (χ2v) is 6.59. The predicted molar refractivity (Wildman–Crippen MR) is 95.6 cm³/mol. The lowest BCUT2D eigenvalue weighted by molar-refractivity contribution is 0.879. The molecule has 0 saturated heterocycles. The molecule has 2 nitrogen and oxygen atoms in total. The van der Waals surface area contributed by atoms with Gasteiger partial charge in [0.25, 0.3) is 0 Å². The van der Waals surface area contributed by atoms with Crippen molar-refractivity contribution < 1.29 is 0 Å². The van der Waals surface area contributed by atoms with E-state index in [2.05, 4.69) is 86.7 Å². The first-order chi connectivity index (χ1) is 10.1. The third-order valence-electron chi connectivity index (χ3n) is 3.47. The van der Waals surface area contributed by atoms with Crippen LogP contribution in [0.25, 0.3) is 0 Å². The minimum Gasteiger partial charge on any atom is -0.378 e. The first kappa shape index (κ1) is 15.8. The predicted octanol–water partition coefficient (Wildman–Crippen LogP) is 5.04. The fourth-order valence-corrected chi connectivity index (χ4v) is 3.01. The molecule has 0 radical (unpaired) electrons. The molecule has 1 unspecified atom stereocenters. The maximum Gasteiger partial charge on any atom is 0.0486 e. The van der Waals surface area contributed by atoms with Crippen molar-refractivity contribution >= 4 is 23.1 Å². The van der Waals surface area contributed by atoms with E-state index in [1.165, 1.54) is 21.8 Å². The SMILES string of the molecule is CCSc1ccccc1NC(C)c1ccc(N(C)C)cc1. The highest BCUT2D eigenvalue weighted by molar-refractivity contribution is 7.99. The van der Waals surface area contributed by atoms with Crippen LogP contribution in [0.4, 0.5) is 11.4 Å². The van der Waals surface area contributed by atoms with E-state index < -0.39 is 0 Å². The molecular formula is C18H24N2S. The van der Waals surface area contributed by atoms with Crippen molar-refractivity contribution in [3.05, 3.63) is 54.1 Å². The quantitative estimate of drug-likeness (QED) is 0.753. The van der Waals surface area contributed by atoms with Crippen LogP contribution in [-0.4, -0.2) is 19.8 Å². The van der Waals surface area contributed by atoms with E-state index in [4.69, 9.17) is 0 Å². The Labute approximate surface area is 132 Å². The average Bonchev–Trinajstić information content (AvgIpc) is 2.49. The van der Waals surface area contributed by atoms with Crippen molar-refractivity contribution in [1.82, 2.24) is 0 Å². The molecule has 0 bridgehead atoms. The van der Waals surface area contributed by atoms with Gasteiger partial charge in [-0.2, -0.15) is 0 Å². The smallest absolute Gasteiger partial charge is 0.0486 e. The molecule has 1 atom stereocenters. The molecule has 0 aliphatic rings. The molecule has 1 N–H and O–H groups in total. The number of nitrogens with one attached hydrogen (secondary N) is 1. The maximum absolute atomic E-state index is 3.63. The fraction of sp³-hybridized carbons (Fsp3) is 0.333. The summed E-state index contributed by atoms with van der Waals surface area (Å²) in [5.41, 5.74) is 3.75. The summed E-state index contributed by atoms with van der Waals surface area (Å²) >= 11 is 1.88. The number of nitrogens with zero attached hydrogens (tertiary/aromatic N) is 1. The fourth-order valence-electron chi connectivity index (χ4n) is 2.24. The normalized spacial score (nSPS) is 12.0. The summed E-state index contributed by atoms with van der Waals surface area (Å²) < 4.78 is 0. The lowest BCUT2D eigenvalue weighted by Crippen LogP contribution is -2.10. The maximum atomic E-state index is 3.63. The van der Waals surface area contributed by atoms with Crippen molar-refractivity contribution in [1.29, 1.82) is 0 Å². The lowest BCUT2D eigenvalue weighted by atomic mass is 10.1. The number of benzene rings is 2. The molecule has 112 valence electrons. The summed E-state index contributed by atoms with van der Waals surface area (Å²) in [6.07, 6.45) is 0. The van der Waals surface area contributed by atoms with Gasteiger partial charge in [0.1, 0.15) is 0 Å². The summed E-state index contributed by atoms with van der Waals surface area (Å²) in [6, 6.07) is 17.5. The number of hydrogen-bond donors (Lipinski definition) is 1. The van der Waals surface area contributed by atoms with Gasteiger partial charge in [0, 0.05) is 36.4 Å². The highest BCUT2D eigenvalue weighted by Crippen LogP contribution is 2.30. The zero-order valence-electron chi connectivity index (χ0n) is 13.3. The van der Waals surface area contributed by atoms with Gasteiger partial charge in [-0.15, -0.1) is 11.8 Å². The monoisotopic (exact) mass is 300 g/mol. The highest BCUT2D eigenvalue weighted by Gasteiger charge is 2.08. The molecule has 2 rings (SSSR count).